The first-order valence-electron chi connectivity index (χ1n) is 17.1. The van der Waals surface area contributed by atoms with E-state index in [9.17, 15) is 4.79 Å². The molecular formula is C36H58O6Si. The zero-order valence-electron chi connectivity index (χ0n) is 27.8. The number of ketones is 1. The molecule has 2 aliphatic heterocycles. The molecule has 0 N–H and O–H groups in total. The molecule has 3 fully saturated rings. The number of carbonyl (C=O) groups is 1. The predicted molar refractivity (Wildman–Crippen MR) is 175 cm³/mol. The Bertz CT molecular complexity index is 1020. The molecule has 0 spiro atoms. The summed E-state index contributed by atoms with van der Waals surface area (Å²) < 4.78 is 31.5. The minimum atomic E-state index is -1.97. The van der Waals surface area contributed by atoms with Gasteiger partial charge in [0, 0.05) is 31.5 Å². The van der Waals surface area contributed by atoms with Gasteiger partial charge in [-0.15, -0.1) is 0 Å². The summed E-state index contributed by atoms with van der Waals surface area (Å²) in [7, 11) is -1.97. The normalized spacial score (nSPS) is 28.0. The van der Waals surface area contributed by atoms with Crippen LogP contribution in [0.25, 0.3) is 0 Å². The molecule has 2 unspecified atom stereocenters. The molecule has 43 heavy (non-hydrogen) atoms. The lowest BCUT2D eigenvalue weighted by atomic mass is 9.87. The first kappa shape index (κ1) is 34.4. The van der Waals surface area contributed by atoms with Crippen molar-refractivity contribution in [2.24, 2.45) is 11.8 Å². The molecule has 3 aliphatic rings. The van der Waals surface area contributed by atoms with Crippen LogP contribution in [0.2, 0.25) is 18.1 Å². The second-order valence-electron chi connectivity index (χ2n) is 14.4. The third kappa shape index (κ3) is 10.3. The second kappa shape index (κ2) is 16.2. The highest BCUT2D eigenvalue weighted by Gasteiger charge is 2.43. The van der Waals surface area contributed by atoms with E-state index in [1.54, 1.807) is 0 Å². The fourth-order valence-electron chi connectivity index (χ4n) is 6.13. The van der Waals surface area contributed by atoms with Crippen molar-refractivity contribution in [2.75, 3.05) is 13.2 Å². The molecule has 1 aromatic carbocycles. The van der Waals surface area contributed by atoms with Crippen LogP contribution in [0.1, 0.15) is 104 Å². The zero-order chi connectivity index (χ0) is 30.9. The molecule has 0 bridgehead atoms. The number of carbonyl (C=O) groups excluding carboxylic acids is 1. The standard InChI is InChI=1S/C36H58O6Si/c1-7-8-9-16-28(40-34-18-10-12-22-38-34)20-21-30-31(32(37)26-33(30)41-35-19-11-13-23-39-35)25-27-15-14-17-29(24-27)42-43(5,6)36(2,3)4/h14-15,17,20-21,24,28,30-31,33-35H,7-13,16,18-19,22-23,25-26H2,1-6H3/t28-,30-,31-,33-,34?,35?/m0/s1. The number of ether oxygens (including phenoxy) is 4. The van der Waals surface area contributed by atoms with Gasteiger partial charge in [0.15, 0.2) is 12.6 Å². The Morgan fingerprint density at radius 1 is 1.02 bits per heavy atom. The van der Waals surface area contributed by atoms with Crippen LogP contribution in [0.15, 0.2) is 36.4 Å². The smallest absolute Gasteiger partial charge is 0.250 e. The van der Waals surface area contributed by atoms with Gasteiger partial charge in [-0.3, -0.25) is 4.79 Å². The third-order valence-corrected chi connectivity index (χ3v) is 14.2. The van der Waals surface area contributed by atoms with Crippen molar-refractivity contribution in [3.8, 4) is 5.75 Å². The summed E-state index contributed by atoms with van der Waals surface area (Å²) in [6, 6.07) is 8.38. The zero-order valence-corrected chi connectivity index (χ0v) is 28.8. The molecule has 1 aliphatic carbocycles. The van der Waals surface area contributed by atoms with Gasteiger partial charge in [0.05, 0.1) is 12.2 Å². The van der Waals surface area contributed by atoms with Crippen molar-refractivity contribution >= 4 is 14.1 Å². The van der Waals surface area contributed by atoms with Crippen LogP contribution in [-0.2, 0) is 30.2 Å². The Labute approximate surface area is 262 Å². The lowest BCUT2D eigenvalue weighted by Gasteiger charge is -2.36. The van der Waals surface area contributed by atoms with E-state index in [2.05, 4.69) is 77.2 Å². The SMILES string of the molecule is CCCCC[C@@H](C=C[C@@H]1[C@@H](OC2CCCCO2)CC(=O)[C@H]1Cc1cccc(O[Si](C)(C)C(C)(C)C)c1)OC1CCCCO1. The maximum atomic E-state index is 13.6. The van der Waals surface area contributed by atoms with Gasteiger partial charge >= 0.3 is 0 Å². The first-order valence-corrected chi connectivity index (χ1v) is 20.0. The summed E-state index contributed by atoms with van der Waals surface area (Å²) in [6.07, 6.45) is 15.6. The Balaban J connectivity index is 1.53. The van der Waals surface area contributed by atoms with E-state index in [-0.39, 0.29) is 47.4 Å². The van der Waals surface area contributed by atoms with Crippen LogP contribution in [-0.4, -0.2) is 52.1 Å². The lowest BCUT2D eigenvalue weighted by molar-refractivity contribution is -0.192. The van der Waals surface area contributed by atoms with Crippen molar-refractivity contribution in [1.29, 1.82) is 0 Å². The van der Waals surface area contributed by atoms with Gasteiger partial charge in [0.2, 0.25) is 8.32 Å². The summed E-state index contributed by atoms with van der Waals surface area (Å²) in [4.78, 5) is 13.6. The molecular weight excluding hydrogens is 556 g/mol. The van der Waals surface area contributed by atoms with Gasteiger partial charge in [0.25, 0.3) is 0 Å². The van der Waals surface area contributed by atoms with E-state index in [0.29, 0.717) is 12.8 Å². The summed E-state index contributed by atoms with van der Waals surface area (Å²) in [6.45, 7) is 15.0. The largest absolute Gasteiger partial charge is 0.543 e. The quantitative estimate of drug-likeness (QED) is 0.119. The van der Waals surface area contributed by atoms with Crippen LogP contribution in [0, 0.1) is 11.8 Å². The number of unbranched alkanes of at least 4 members (excludes halogenated alkanes) is 2. The molecule has 1 aromatic rings. The lowest BCUT2D eigenvalue weighted by Crippen LogP contribution is -2.43. The maximum absolute atomic E-state index is 13.6. The second-order valence-corrected chi connectivity index (χ2v) is 19.1. The molecule has 6 atom stereocenters. The molecule has 7 heteroatoms. The number of hydrogen-bond donors (Lipinski definition) is 0. The molecule has 6 nitrogen and oxygen atoms in total. The van der Waals surface area contributed by atoms with E-state index >= 15 is 0 Å². The van der Waals surface area contributed by atoms with E-state index in [0.717, 1.165) is 75.9 Å². The van der Waals surface area contributed by atoms with Crippen LogP contribution >= 0.6 is 0 Å². The number of benzene rings is 1. The average molecular weight is 615 g/mol. The van der Waals surface area contributed by atoms with Crippen LogP contribution in [0.5, 0.6) is 5.75 Å². The minimum absolute atomic E-state index is 0.0288. The highest BCUT2D eigenvalue weighted by atomic mass is 28.4. The first-order chi connectivity index (χ1) is 20.6. The van der Waals surface area contributed by atoms with E-state index in [1.165, 1.54) is 12.8 Å². The molecule has 1 saturated carbocycles. The van der Waals surface area contributed by atoms with Crippen LogP contribution in [0.4, 0.5) is 0 Å². The summed E-state index contributed by atoms with van der Waals surface area (Å²) in [5, 5.41) is 0.116. The van der Waals surface area contributed by atoms with E-state index < -0.39 is 8.32 Å². The molecule has 2 heterocycles. The predicted octanol–water partition coefficient (Wildman–Crippen LogP) is 8.78. The summed E-state index contributed by atoms with van der Waals surface area (Å²) in [5.74, 6) is 0.981. The average Bonchev–Trinajstić information content (AvgIpc) is 3.25. The fraction of sp³-hybridized carbons (Fsp3) is 0.750. The van der Waals surface area contributed by atoms with Gasteiger partial charge in [0.1, 0.15) is 11.5 Å². The Morgan fingerprint density at radius 3 is 2.40 bits per heavy atom. The summed E-state index contributed by atoms with van der Waals surface area (Å²) >= 11 is 0. The molecule has 0 aromatic heterocycles. The van der Waals surface area contributed by atoms with Gasteiger partial charge < -0.3 is 23.4 Å². The van der Waals surface area contributed by atoms with Gasteiger partial charge in [-0.1, -0.05) is 71.2 Å². The van der Waals surface area contributed by atoms with Crippen molar-refractivity contribution in [2.45, 2.75) is 148 Å². The van der Waals surface area contributed by atoms with Gasteiger partial charge in [-0.05, 0) is 87.2 Å². The fourth-order valence-corrected chi connectivity index (χ4v) is 7.15. The Morgan fingerprint density at radius 2 is 1.74 bits per heavy atom. The topological polar surface area (TPSA) is 63.2 Å². The number of hydrogen-bond acceptors (Lipinski definition) is 6. The van der Waals surface area contributed by atoms with E-state index in [4.69, 9.17) is 23.4 Å². The van der Waals surface area contributed by atoms with Crippen molar-refractivity contribution < 1.29 is 28.2 Å². The summed E-state index contributed by atoms with van der Waals surface area (Å²) in [5.41, 5.74) is 1.13. The minimum Gasteiger partial charge on any atom is -0.543 e. The third-order valence-electron chi connectivity index (χ3n) is 9.81. The van der Waals surface area contributed by atoms with E-state index in [1.807, 2.05) is 0 Å². The Kier molecular flexibility index (Phi) is 12.9. The highest BCUT2D eigenvalue weighted by molar-refractivity contribution is 6.74. The molecule has 0 amide bonds. The van der Waals surface area contributed by atoms with Crippen molar-refractivity contribution in [3.05, 3.63) is 42.0 Å². The Hall–Kier alpha value is -1.51. The molecule has 2 saturated heterocycles. The molecule has 4 rings (SSSR count). The van der Waals surface area contributed by atoms with Crippen LogP contribution < -0.4 is 4.43 Å². The highest BCUT2D eigenvalue weighted by Crippen LogP contribution is 2.39. The molecule has 0 radical (unpaired) electrons. The van der Waals surface area contributed by atoms with Crippen LogP contribution in [0.3, 0.4) is 0 Å². The number of rotatable bonds is 14. The van der Waals surface area contributed by atoms with Gasteiger partial charge in [-0.25, -0.2) is 0 Å². The van der Waals surface area contributed by atoms with Gasteiger partial charge in [-0.2, -0.15) is 0 Å². The van der Waals surface area contributed by atoms with Crippen molar-refractivity contribution in [3.63, 3.8) is 0 Å². The monoisotopic (exact) mass is 614 g/mol. The number of Topliss-reactive ketones (excluding diaryl/α,β-unsaturated/α-hetero) is 1. The molecule has 242 valence electrons. The van der Waals surface area contributed by atoms with Crippen molar-refractivity contribution in [1.82, 2.24) is 0 Å². The maximum Gasteiger partial charge on any atom is 0.250 e.